The molecule has 0 aliphatic rings. The first kappa shape index (κ1) is 16.3. The summed E-state index contributed by atoms with van der Waals surface area (Å²) < 4.78 is 13.7. The maximum Gasteiger partial charge on any atom is 0.260 e. The molecule has 0 radical (unpaired) electrons. The number of benzene rings is 2. The Hall–Kier alpha value is -2.60. The van der Waals surface area contributed by atoms with Gasteiger partial charge in [-0.1, -0.05) is 60.7 Å². The third-order valence-electron chi connectivity index (χ3n) is 3.69. The normalized spacial score (nSPS) is 11.9. The van der Waals surface area contributed by atoms with Gasteiger partial charge in [0.15, 0.2) is 0 Å². The van der Waals surface area contributed by atoms with Gasteiger partial charge in [0.25, 0.3) is 5.91 Å². The molecule has 4 nitrogen and oxygen atoms in total. The number of halogens is 1. The number of rotatable bonds is 5. The van der Waals surface area contributed by atoms with Crippen molar-refractivity contribution in [3.63, 3.8) is 0 Å². The van der Waals surface area contributed by atoms with Crippen molar-refractivity contribution in [3.05, 3.63) is 76.5 Å². The van der Waals surface area contributed by atoms with E-state index in [9.17, 15) is 9.18 Å². The predicted octanol–water partition coefficient (Wildman–Crippen LogP) is 4.47. The molecule has 0 saturated carbocycles. The van der Waals surface area contributed by atoms with E-state index in [1.807, 2.05) is 30.3 Å². The Morgan fingerprint density at radius 3 is 2.54 bits per heavy atom. The first-order valence-corrected chi connectivity index (χ1v) is 8.45. The van der Waals surface area contributed by atoms with E-state index in [0.717, 1.165) is 17.0 Å². The van der Waals surface area contributed by atoms with Crippen LogP contribution >= 0.6 is 11.3 Å². The number of nitrogens with zero attached hydrogens (tertiary/aromatic N) is 2. The molecule has 2 aromatic carbocycles. The van der Waals surface area contributed by atoms with Crippen molar-refractivity contribution in [1.29, 1.82) is 0 Å². The van der Waals surface area contributed by atoms with Crippen LogP contribution in [0.3, 0.4) is 0 Å². The lowest BCUT2D eigenvalue weighted by Crippen LogP contribution is -2.13. The van der Waals surface area contributed by atoms with Crippen LogP contribution < -0.4 is 5.32 Å². The molecule has 0 unspecified atom stereocenters. The van der Waals surface area contributed by atoms with E-state index in [1.165, 1.54) is 23.5 Å². The molecule has 1 heterocycles. The molecular weight excluding hydrogens is 325 g/mol. The Balaban J connectivity index is 1.78. The summed E-state index contributed by atoms with van der Waals surface area (Å²) >= 11 is 1.31. The Bertz CT molecular complexity index is 835. The molecule has 0 fully saturated rings. The van der Waals surface area contributed by atoms with Crippen LogP contribution in [0.25, 0.3) is 0 Å². The maximum absolute atomic E-state index is 13.7. The minimum absolute atomic E-state index is 0.00986. The molecule has 0 aliphatic carbocycles. The second-order valence-electron chi connectivity index (χ2n) is 5.25. The first-order chi connectivity index (χ1) is 11.7. The van der Waals surface area contributed by atoms with Crippen molar-refractivity contribution in [3.8, 4) is 0 Å². The molecule has 3 rings (SSSR count). The van der Waals surface area contributed by atoms with Gasteiger partial charge < -0.3 is 0 Å². The van der Waals surface area contributed by atoms with Crippen LogP contribution in [0, 0.1) is 5.82 Å². The zero-order chi connectivity index (χ0) is 16.9. The summed E-state index contributed by atoms with van der Waals surface area (Å²) in [4.78, 5) is 12.1. The number of hydrogen-bond acceptors (Lipinski definition) is 4. The number of amides is 1. The van der Waals surface area contributed by atoms with E-state index < -0.39 is 11.7 Å². The van der Waals surface area contributed by atoms with Gasteiger partial charge in [-0.15, -0.1) is 10.2 Å². The molecule has 1 aromatic heterocycles. The Labute approximate surface area is 143 Å². The van der Waals surface area contributed by atoms with Crippen LogP contribution in [0.5, 0.6) is 0 Å². The summed E-state index contributed by atoms with van der Waals surface area (Å²) in [5.74, 6) is -0.957. The largest absolute Gasteiger partial charge is 0.296 e. The summed E-state index contributed by atoms with van der Waals surface area (Å²) in [6.07, 6.45) is 0.875. The lowest BCUT2D eigenvalue weighted by Gasteiger charge is -2.11. The zero-order valence-electron chi connectivity index (χ0n) is 13.1. The fraction of sp³-hybridized carbons (Fsp3) is 0.167. The molecule has 0 aliphatic heterocycles. The standard InChI is InChI=1S/C18H16FN3OS/c1-2-13(12-8-4-3-5-9-12)17-21-22-18(24-17)20-16(23)14-10-6-7-11-15(14)19/h3-11,13H,2H2,1H3,(H,20,22,23)/t13-/m1/s1. The molecule has 122 valence electrons. The zero-order valence-corrected chi connectivity index (χ0v) is 13.9. The quantitative estimate of drug-likeness (QED) is 0.745. The molecule has 1 N–H and O–H groups in total. The van der Waals surface area contributed by atoms with Crippen molar-refractivity contribution >= 4 is 22.4 Å². The minimum Gasteiger partial charge on any atom is -0.296 e. The Morgan fingerprint density at radius 2 is 1.83 bits per heavy atom. The molecule has 0 saturated heterocycles. The molecule has 6 heteroatoms. The fourth-order valence-electron chi connectivity index (χ4n) is 2.47. The van der Waals surface area contributed by atoms with Crippen molar-refractivity contribution in [2.24, 2.45) is 0 Å². The second kappa shape index (κ2) is 7.31. The highest BCUT2D eigenvalue weighted by Gasteiger charge is 2.19. The number of hydrogen-bond donors (Lipinski definition) is 1. The van der Waals surface area contributed by atoms with Gasteiger partial charge in [0.2, 0.25) is 5.13 Å². The van der Waals surface area contributed by atoms with Gasteiger partial charge in [0, 0.05) is 5.92 Å². The van der Waals surface area contributed by atoms with Gasteiger partial charge >= 0.3 is 0 Å². The van der Waals surface area contributed by atoms with Crippen LogP contribution in [0.4, 0.5) is 9.52 Å². The fourth-order valence-corrected chi connectivity index (χ4v) is 3.42. The smallest absolute Gasteiger partial charge is 0.260 e. The van der Waals surface area contributed by atoms with Crippen molar-refractivity contribution in [2.75, 3.05) is 5.32 Å². The molecule has 3 aromatic rings. The second-order valence-corrected chi connectivity index (χ2v) is 6.26. The molecule has 0 bridgehead atoms. The van der Waals surface area contributed by atoms with Crippen LogP contribution in [0.1, 0.15) is 40.2 Å². The van der Waals surface area contributed by atoms with E-state index in [4.69, 9.17) is 0 Å². The number of anilines is 1. The van der Waals surface area contributed by atoms with Crippen LogP contribution in [0.15, 0.2) is 54.6 Å². The predicted molar refractivity (Wildman–Crippen MR) is 92.8 cm³/mol. The number of aromatic nitrogens is 2. The summed E-state index contributed by atoms with van der Waals surface area (Å²) in [5.41, 5.74) is 1.15. The van der Waals surface area contributed by atoms with Crippen molar-refractivity contribution in [2.45, 2.75) is 19.3 Å². The summed E-state index contributed by atoms with van der Waals surface area (Å²) in [6, 6.07) is 15.9. The van der Waals surface area contributed by atoms with E-state index in [0.29, 0.717) is 5.13 Å². The van der Waals surface area contributed by atoms with E-state index in [2.05, 4.69) is 22.4 Å². The van der Waals surface area contributed by atoms with Crippen molar-refractivity contribution < 1.29 is 9.18 Å². The Kier molecular flexibility index (Phi) is 4.96. The third kappa shape index (κ3) is 3.49. The van der Waals surface area contributed by atoms with Crippen molar-refractivity contribution in [1.82, 2.24) is 10.2 Å². The minimum atomic E-state index is -0.560. The number of carbonyl (C=O) groups excluding carboxylic acids is 1. The number of carbonyl (C=O) groups is 1. The highest BCUT2D eigenvalue weighted by molar-refractivity contribution is 7.15. The maximum atomic E-state index is 13.7. The molecule has 1 atom stereocenters. The van der Waals surface area contributed by atoms with Gasteiger partial charge in [-0.3, -0.25) is 10.1 Å². The monoisotopic (exact) mass is 341 g/mol. The SMILES string of the molecule is CC[C@H](c1ccccc1)c1nnc(NC(=O)c2ccccc2F)s1. The first-order valence-electron chi connectivity index (χ1n) is 7.63. The topological polar surface area (TPSA) is 54.9 Å². The molecule has 0 spiro atoms. The van der Waals surface area contributed by atoms with Crippen LogP contribution in [0.2, 0.25) is 0 Å². The molecule has 24 heavy (non-hydrogen) atoms. The summed E-state index contributed by atoms with van der Waals surface area (Å²) in [5, 5.41) is 12.0. The third-order valence-corrected chi connectivity index (χ3v) is 4.64. The molecular formula is C18H16FN3OS. The van der Waals surface area contributed by atoms with E-state index in [1.54, 1.807) is 12.1 Å². The van der Waals surface area contributed by atoms with Crippen LogP contribution in [-0.4, -0.2) is 16.1 Å². The average Bonchev–Trinajstić information content (AvgIpc) is 3.05. The highest BCUT2D eigenvalue weighted by Crippen LogP contribution is 2.31. The van der Waals surface area contributed by atoms with Crippen LogP contribution in [-0.2, 0) is 0 Å². The highest BCUT2D eigenvalue weighted by atomic mass is 32.1. The summed E-state index contributed by atoms with van der Waals surface area (Å²) in [7, 11) is 0. The lowest BCUT2D eigenvalue weighted by atomic mass is 9.97. The molecule has 1 amide bonds. The average molecular weight is 341 g/mol. The number of nitrogens with one attached hydrogen (secondary N) is 1. The van der Waals surface area contributed by atoms with Gasteiger partial charge in [-0.25, -0.2) is 4.39 Å². The lowest BCUT2D eigenvalue weighted by molar-refractivity contribution is 0.102. The summed E-state index contributed by atoms with van der Waals surface area (Å²) in [6.45, 7) is 2.08. The van der Waals surface area contributed by atoms with E-state index in [-0.39, 0.29) is 11.5 Å². The van der Waals surface area contributed by atoms with Gasteiger partial charge in [-0.05, 0) is 24.1 Å². The van der Waals surface area contributed by atoms with Gasteiger partial charge in [0.1, 0.15) is 10.8 Å². The van der Waals surface area contributed by atoms with Gasteiger partial charge in [-0.2, -0.15) is 0 Å². The Morgan fingerprint density at radius 1 is 1.12 bits per heavy atom. The van der Waals surface area contributed by atoms with E-state index >= 15 is 0 Å². The van der Waals surface area contributed by atoms with Gasteiger partial charge in [0.05, 0.1) is 5.56 Å².